The largest absolute Gasteiger partial charge is 0.387 e. The number of nitrogens with zero attached hydrogens (tertiary/aromatic N) is 3. The number of aromatic nitrogens is 2. The Kier molecular flexibility index (Phi) is 4.64. The van der Waals surface area contributed by atoms with Gasteiger partial charge in [-0.2, -0.15) is 5.10 Å². The van der Waals surface area contributed by atoms with E-state index in [9.17, 15) is 14.3 Å². The molecule has 1 aliphatic heterocycles. The smallest absolute Gasteiger partial charge is 0.248 e. The number of aryl methyl sites for hydroxylation is 1. The van der Waals surface area contributed by atoms with Gasteiger partial charge in [0.05, 0.1) is 24.9 Å². The summed E-state index contributed by atoms with van der Waals surface area (Å²) >= 11 is 0. The van der Waals surface area contributed by atoms with E-state index in [4.69, 9.17) is 4.74 Å². The van der Waals surface area contributed by atoms with E-state index < -0.39 is 6.61 Å². The summed E-state index contributed by atoms with van der Waals surface area (Å²) in [6.45, 7) is 4.30. The lowest BCUT2D eigenvalue weighted by atomic mass is 10.0. The Morgan fingerprint density at radius 2 is 2.17 bits per heavy atom. The molecule has 1 aliphatic rings. The number of benzene rings is 1. The third-order valence-corrected chi connectivity index (χ3v) is 4.35. The number of rotatable bonds is 3. The number of aliphatic hydroxyl groups is 1. The van der Waals surface area contributed by atoms with Crippen molar-refractivity contribution in [2.75, 3.05) is 26.4 Å². The molecular formula is C17H20FN3O3. The SMILES string of the molecule is Cc1nn(-c2ccccc2F)c(C)c1C1COCCN1C(=O)CO. The first kappa shape index (κ1) is 16.6. The lowest BCUT2D eigenvalue weighted by molar-refractivity contribution is -0.143. The van der Waals surface area contributed by atoms with Gasteiger partial charge in [0.25, 0.3) is 0 Å². The highest BCUT2D eigenvalue weighted by Gasteiger charge is 2.32. The molecule has 1 unspecified atom stereocenters. The molecule has 1 aromatic carbocycles. The Morgan fingerprint density at radius 3 is 2.88 bits per heavy atom. The van der Waals surface area contributed by atoms with Crippen LogP contribution < -0.4 is 0 Å². The molecule has 0 radical (unpaired) electrons. The standard InChI is InChI=1S/C17H20FN3O3/c1-11-17(15-10-24-8-7-20(15)16(23)9-22)12(2)21(19-11)14-6-4-3-5-13(14)18/h3-6,15,22H,7-10H2,1-2H3. The fraction of sp³-hybridized carbons (Fsp3) is 0.412. The second-order valence-corrected chi connectivity index (χ2v) is 5.78. The molecule has 1 amide bonds. The predicted octanol–water partition coefficient (Wildman–Crippen LogP) is 1.52. The number of ether oxygens (including phenoxy) is 1. The Morgan fingerprint density at radius 1 is 1.42 bits per heavy atom. The summed E-state index contributed by atoms with van der Waals surface area (Å²) in [7, 11) is 0. The first-order chi connectivity index (χ1) is 11.5. The van der Waals surface area contributed by atoms with Crippen LogP contribution in [0, 0.1) is 19.7 Å². The first-order valence-corrected chi connectivity index (χ1v) is 7.83. The van der Waals surface area contributed by atoms with E-state index in [0.717, 1.165) is 11.3 Å². The van der Waals surface area contributed by atoms with Crippen molar-refractivity contribution in [2.24, 2.45) is 0 Å². The van der Waals surface area contributed by atoms with Crippen molar-refractivity contribution in [1.29, 1.82) is 0 Å². The Labute approximate surface area is 139 Å². The third-order valence-electron chi connectivity index (χ3n) is 4.35. The highest BCUT2D eigenvalue weighted by molar-refractivity contribution is 5.78. The van der Waals surface area contributed by atoms with Crippen LogP contribution in [0.15, 0.2) is 24.3 Å². The number of carbonyl (C=O) groups excluding carboxylic acids is 1. The van der Waals surface area contributed by atoms with Crippen molar-refractivity contribution < 1.29 is 19.0 Å². The van der Waals surface area contributed by atoms with Crippen molar-refractivity contribution in [2.45, 2.75) is 19.9 Å². The molecule has 1 N–H and O–H groups in total. The average Bonchev–Trinajstić information content (AvgIpc) is 2.89. The highest BCUT2D eigenvalue weighted by Crippen LogP contribution is 2.31. The normalized spacial score (nSPS) is 18.0. The van der Waals surface area contributed by atoms with Gasteiger partial charge in [0.15, 0.2) is 0 Å². The summed E-state index contributed by atoms with van der Waals surface area (Å²) in [5, 5.41) is 13.7. The Bertz CT molecular complexity index is 760. The van der Waals surface area contributed by atoms with Gasteiger partial charge in [-0.25, -0.2) is 9.07 Å². The average molecular weight is 333 g/mol. The van der Waals surface area contributed by atoms with Crippen LogP contribution >= 0.6 is 0 Å². The summed E-state index contributed by atoms with van der Waals surface area (Å²) in [5.74, 6) is -0.710. The second kappa shape index (κ2) is 6.70. The molecular weight excluding hydrogens is 313 g/mol. The molecule has 0 bridgehead atoms. The number of para-hydroxylation sites is 1. The summed E-state index contributed by atoms with van der Waals surface area (Å²) in [5.41, 5.74) is 2.66. The molecule has 2 aromatic rings. The monoisotopic (exact) mass is 333 g/mol. The molecule has 0 aliphatic carbocycles. The number of hydrogen-bond donors (Lipinski definition) is 1. The Balaban J connectivity index is 2.05. The van der Waals surface area contributed by atoms with Crippen LogP contribution in [0.2, 0.25) is 0 Å². The summed E-state index contributed by atoms with van der Waals surface area (Å²) in [6.07, 6.45) is 0. The molecule has 1 saturated heterocycles. The number of hydrogen-bond acceptors (Lipinski definition) is 4. The van der Waals surface area contributed by atoms with Gasteiger partial charge in [0.2, 0.25) is 5.91 Å². The zero-order valence-corrected chi connectivity index (χ0v) is 13.7. The molecule has 3 rings (SSSR count). The van der Waals surface area contributed by atoms with Gasteiger partial charge in [-0.05, 0) is 26.0 Å². The fourth-order valence-corrected chi connectivity index (χ4v) is 3.23. The maximum absolute atomic E-state index is 14.1. The number of morpholine rings is 1. The molecule has 0 saturated carbocycles. The van der Waals surface area contributed by atoms with E-state index >= 15 is 0 Å². The first-order valence-electron chi connectivity index (χ1n) is 7.83. The predicted molar refractivity (Wildman–Crippen MR) is 85.4 cm³/mol. The minimum absolute atomic E-state index is 0.330. The van der Waals surface area contributed by atoms with Crippen molar-refractivity contribution in [3.63, 3.8) is 0 Å². The Hall–Kier alpha value is -2.25. The van der Waals surface area contributed by atoms with Gasteiger partial charge in [0.1, 0.15) is 18.1 Å². The molecule has 1 aromatic heterocycles. The molecule has 1 fully saturated rings. The number of halogens is 1. The van der Waals surface area contributed by atoms with E-state index in [-0.39, 0.29) is 17.8 Å². The van der Waals surface area contributed by atoms with Gasteiger partial charge in [-0.3, -0.25) is 4.79 Å². The minimum atomic E-state index is -0.546. The van der Waals surface area contributed by atoms with Crippen molar-refractivity contribution in [3.8, 4) is 5.69 Å². The van der Waals surface area contributed by atoms with Crippen molar-refractivity contribution >= 4 is 5.91 Å². The molecule has 0 spiro atoms. The lowest BCUT2D eigenvalue weighted by Gasteiger charge is -2.35. The van der Waals surface area contributed by atoms with Gasteiger partial charge >= 0.3 is 0 Å². The van der Waals surface area contributed by atoms with Gasteiger partial charge in [-0.1, -0.05) is 12.1 Å². The van der Waals surface area contributed by atoms with Crippen LogP contribution in [0.1, 0.15) is 23.0 Å². The maximum atomic E-state index is 14.1. The number of amides is 1. The zero-order valence-electron chi connectivity index (χ0n) is 13.7. The summed E-state index contributed by atoms with van der Waals surface area (Å²) in [6, 6.07) is 6.09. The molecule has 128 valence electrons. The van der Waals surface area contributed by atoms with Crippen LogP contribution in [0.4, 0.5) is 4.39 Å². The number of carbonyl (C=O) groups is 1. The molecule has 24 heavy (non-hydrogen) atoms. The van der Waals surface area contributed by atoms with Crippen LogP contribution in [-0.4, -0.2) is 52.1 Å². The maximum Gasteiger partial charge on any atom is 0.248 e. The van der Waals surface area contributed by atoms with Crippen LogP contribution in [-0.2, 0) is 9.53 Å². The molecule has 7 heteroatoms. The van der Waals surface area contributed by atoms with Crippen molar-refractivity contribution in [1.82, 2.24) is 14.7 Å². The number of aliphatic hydroxyl groups excluding tert-OH is 1. The molecule has 1 atom stereocenters. The third kappa shape index (κ3) is 2.81. The van der Waals surface area contributed by atoms with Crippen LogP contribution in [0.5, 0.6) is 0 Å². The van der Waals surface area contributed by atoms with E-state index in [0.29, 0.717) is 31.1 Å². The molecule has 6 nitrogen and oxygen atoms in total. The van der Waals surface area contributed by atoms with E-state index in [1.165, 1.54) is 6.07 Å². The van der Waals surface area contributed by atoms with Gasteiger partial charge in [0, 0.05) is 17.8 Å². The topological polar surface area (TPSA) is 67.6 Å². The summed E-state index contributed by atoms with van der Waals surface area (Å²) in [4.78, 5) is 13.6. The minimum Gasteiger partial charge on any atom is -0.387 e. The fourth-order valence-electron chi connectivity index (χ4n) is 3.23. The highest BCUT2D eigenvalue weighted by atomic mass is 19.1. The summed E-state index contributed by atoms with van der Waals surface area (Å²) < 4.78 is 21.2. The lowest BCUT2D eigenvalue weighted by Crippen LogP contribution is -2.45. The van der Waals surface area contributed by atoms with E-state index in [1.54, 1.807) is 27.8 Å². The van der Waals surface area contributed by atoms with E-state index in [1.807, 2.05) is 13.8 Å². The van der Waals surface area contributed by atoms with Crippen molar-refractivity contribution in [3.05, 3.63) is 47.0 Å². The zero-order chi connectivity index (χ0) is 17.3. The molecule has 2 heterocycles. The van der Waals surface area contributed by atoms with Gasteiger partial charge in [-0.15, -0.1) is 0 Å². The second-order valence-electron chi connectivity index (χ2n) is 5.78. The van der Waals surface area contributed by atoms with Gasteiger partial charge < -0.3 is 14.7 Å². The van der Waals surface area contributed by atoms with E-state index in [2.05, 4.69) is 5.10 Å². The quantitative estimate of drug-likeness (QED) is 0.925. The van der Waals surface area contributed by atoms with Crippen LogP contribution in [0.25, 0.3) is 5.69 Å². The van der Waals surface area contributed by atoms with Crippen LogP contribution in [0.3, 0.4) is 0 Å².